The van der Waals surface area contributed by atoms with Gasteiger partial charge in [-0.3, -0.25) is 4.90 Å². The standard InChI is InChI=1S/C16H30N2S/c1-13(2)14-10-17-15(6-4-5-7-15)11-18(14)12-16(19-3)8-9-16/h13-14,17H,4-12H2,1-3H3. The molecular weight excluding hydrogens is 252 g/mol. The van der Waals surface area contributed by atoms with E-state index >= 15 is 0 Å². The minimum atomic E-state index is 0.472. The van der Waals surface area contributed by atoms with Gasteiger partial charge in [0.1, 0.15) is 0 Å². The summed E-state index contributed by atoms with van der Waals surface area (Å²) in [5.41, 5.74) is 0.472. The molecule has 2 saturated carbocycles. The van der Waals surface area contributed by atoms with E-state index in [1.807, 2.05) is 0 Å². The molecule has 3 rings (SSSR count). The summed E-state index contributed by atoms with van der Waals surface area (Å²) in [5, 5.41) is 3.93. The molecule has 2 aliphatic carbocycles. The zero-order valence-corrected chi connectivity index (χ0v) is 13.7. The molecule has 1 N–H and O–H groups in total. The van der Waals surface area contributed by atoms with E-state index in [4.69, 9.17) is 0 Å². The van der Waals surface area contributed by atoms with E-state index in [1.165, 1.54) is 58.2 Å². The van der Waals surface area contributed by atoms with Crippen molar-refractivity contribution in [3.63, 3.8) is 0 Å². The Labute approximate surface area is 123 Å². The molecule has 3 fully saturated rings. The summed E-state index contributed by atoms with van der Waals surface area (Å²) in [6, 6.07) is 0.746. The van der Waals surface area contributed by atoms with Crippen molar-refractivity contribution in [1.82, 2.24) is 10.2 Å². The Kier molecular flexibility index (Phi) is 3.92. The van der Waals surface area contributed by atoms with Crippen LogP contribution in [0.3, 0.4) is 0 Å². The molecule has 19 heavy (non-hydrogen) atoms. The van der Waals surface area contributed by atoms with Crippen LogP contribution < -0.4 is 5.32 Å². The van der Waals surface area contributed by atoms with Gasteiger partial charge >= 0.3 is 0 Å². The van der Waals surface area contributed by atoms with Gasteiger partial charge in [0.25, 0.3) is 0 Å². The van der Waals surface area contributed by atoms with Gasteiger partial charge in [0, 0.05) is 36.0 Å². The third-order valence-corrected chi connectivity index (χ3v) is 7.13. The molecule has 3 aliphatic rings. The quantitative estimate of drug-likeness (QED) is 0.853. The highest BCUT2D eigenvalue weighted by Gasteiger charge is 2.48. The predicted octanol–water partition coefficient (Wildman–Crippen LogP) is 3.12. The minimum absolute atomic E-state index is 0.472. The summed E-state index contributed by atoms with van der Waals surface area (Å²) in [5.74, 6) is 0.768. The Balaban J connectivity index is 1.71. The number of rotatable bonds is 4. The van der Waals surface area contributed by atoms with Crippen LogP contribution in [-0.4, -0.2) is 47.1 Å². The van der Waals surface area contributed by atoms with E-state index in [9.17, 15) is 0 Å². The van der Waals surface area contributed by atoms with Crippen LogP contribution in [0.5, 0.6) is 0 Å². The second-order valence-electron chi connectivity index (χ2n) is 7.47. The monoisotopic (exact) mass is 282 g/mol. The first kappa shape index (κ1) is 14.2. The van der Waals surface area contributed by atoms with Gasteiger partial charge in [-0.25, -0.2) is 0 Å². The zero-order chi connectivity index (χ0) is 13.5. The first-order valence-electron chi connectivity index (χ1n) is 8.12. The lowest BCUT2D eigenvalue weighted by molar-refractivity contribution is 0.0560. The van der Waals surface area contributed by atoms with E-state index in [0.29, 0.717) is 10.3 Å². The van der Waals surface area contributed by atoms with Gasteiger partial charge in [-0.2, -0.15) is 11.8 Å². The molecule has 0 aromatic rings. The number of hydrogen-bond acceptors (Lipinski definition) is 3. The number of hydrogen-bond donors (Lipinski definition) is 1. The van der Waals surface area contributed by atoms with Gasteiger partial charge in [-0.05, 0) is 37.9 Å². The molecule has 1 spiro atoms. The largest absolute Gasteiger partial charge is 0.308 e. The fourth-order valence-corrected chi connectivity index (χ4v) is 4.97. The maximum Gasteiger partial charge on any atom is 0.0309 e. The highest BCUT2D eigenvalue weighted by atomic mass is 32.2. The molecule has 110 valence electrons. The maximum absolute atomic E-state index is 3.93. The van der Waals surface area contributed by atoms with Crippen molar-refractivity contribution < 1.29 is 0 Å². The molecular formula is C16H30N2S. The van der Waals surface area contributed by atoms with Crippen molar-refractivity contribution in [3.8, 4) is 0 Å². The van der Waals surface area contributed by atoms with Crippen LogP contribution in [0.25, 0.3) is 0 Å². The molecule has 2 nitrogen and oxygen atoms in total. The van der Waals surface area contributed by atoms with E-state index in [0.717, 1.165) is 12.0 Å². The topological polar surface area (TPSA) is 15.3 Å². The second-order valence-corrected chi connectivity index (χ2v) is 8.75. The average molecular weight is 282 g/mol. The maximum atomic E-state index is 3.93. The van der Waals surface area contributed by atoms with Crippen molar-refractivity contribution in [3.05, 3.63) is 0 Å². The molecule has 0 aromatic carbocycles. The molecule has 0 aromatic heterocycles. The lowest BCUT2D eigenvalue weighted by Gasteiger charge is -2.49. The van der Waals surface area contributed by atoms with E-state index < -0.39 is 0 Å². The number of thioether (sulfide) groups is 1. The van der Waals surface area contributed by atoms with Crippen molar-refractivity contribution in [2.45, 2.75) is 68.7 Å². The van der Waals surface area contributed by atoms with Crippen LogP contribution in [0.1, 0.15) is 52.4 Å². The fourth-order valence-electron chi connectivity index (χ4n) is 4.17. The summed E-state index contributed by atoms with van der Waals surface area (Å²) in [4.78, 5) is 2.86. The van der Waals surface area contributed by atoms with Gasteiger partial charge in [0.05, 0.1) is 0 Å². The van der Waals surface area contributed by atoms with Crippen molar-refractivity contribution >= 4 is 11.8 Å². The zero-order valence-electron chi connectivity index (χ0n) is 12.9. The van der Waals surface area contributed by atoms with E-state index in [-0.39, 0.29) is 0 Å². The van der Waals surface area contributed by atoms with Crippen LogP contribution in [-0.2, 0) is 0 Å². The third kappa shape index (κ3) is 2.84. The van der Waals surface area contributed by atoms with Gasteiger partial charge in [-0.15, -0.1) is 0 Å². The van der Waals surface area contributed by atoms with E-state index in [2.05, 4.69) is 42.1 Å². The highest BCUT2D eigenvalue weighted by molar-refractivity contribution is 8.00. The lowest BCUT2D eigenvalue weighted by Crippen LogP contribution is -2.65. The smallest absolute Gasteiger partial charge is 0.0309 e. The molecule has 0 bridgehead atoms. The Morgan fingerprint density at radius 2 is 1.89 bits per heavy atom. The third-order valence-electron chi connectivity index (χ3n) is 5.72. The summed E-state index contributed by atoms with van der Waals surface area (Å²) < 4.78 is 0.615. The van der Waals surface area contributed by atoms with Crippen molar-refractivity contribution in [2.75, 3.05) is 25.9 Å². The highest BCUT2D eigenvalue weighted by Crippen LogP contribution is 2.48. The molecule has 1 saturated heterocycles. The minimum Gasteiger partial charge on any atom is -0.308 e. The van der Waals surface area contributed by atoms with Crippen LogP contribution in [0, 0.1) is 5.92 Å². The van der Waals surface area contributed by atoms with Gasteiger partial charge in [-0.1, -0.05) is 26.7 Å². The van der Waals surface area contributed by atoms with E-state index in [1.54, 1.807) is 0 Å². The Bertz CT molecular complexity index is 319. The molecule has 0 amide bonds. The van der Waals surface area contributed by atoms with Crippen LogP contribution in [0.15, 0.2) is 0 Å². The summed E-state index contributed by atoms with van der Waals surface area (Å²) in [6.07, 6.45) is 10.9. The molecule has 1 aliphatic heterocycles. The molecule has 0 radical (unpaired) electrons. The molecule has 1 atom stereocenters. The van der Waals surface area contributed by atoms with Gasteiger partial charge in [0.15, 0.2) is 0 Å². The number of nitrogens with one attached hydrogen (secondary N) is 1. The lowest BCUT2D eigenvalue weighted by atomic mass is 9.89. The fraction of sp³-hybridized carbons (Fsp3) is 1.00. The Morgan fingerprint density at radius 1 is 1.21 bits per heavy atom. The normalized spacial score (nSPS) is 33.2. The van der Waals surface area contributed by atoms with Gasteiger partial charge in [0.2, 0.25) is 0 Å². The Hall–Kier alpha value is 0.270. The first-order chi connectivity index (χ1) is 9.08. The molecule has 1 unspecified atom stereocenters. The Morgan fingerprint density at radius 3 is 2.42 bits per heavy atom. The second kappa shape index (κ2) is 5.23. The summed E-state index contributed by atoms with van der Waals surface area (Å²) in [6.45, 7) is 8.63. The molecule has 1 heterocycles. The molecule has 3 heteroatoms. The number of nitrogens with zero attached hydrogens (tertiary/aromatic N) is 1. The number of piperazine rings is 1. The summed E-state index contributed by atoms with van der Waals surface area (Å²) >= 11 is 2.11. The SMILES string of the molecule is CSC1(CN2CC3(CCCC3)NCC2C(C)C)CC1. The van der Waals surface area contributed by atoms with Crippen LogP contribution in [0.4, 0.5) is 0 Å². The average Bonchev–Trinajstić information content (AvgIpc) is 3.02. The van der Waals surface area contributed by atoms with Crippen molar-refractivity contribution in [2.24, 2.45) is 5.92 Å². The first-order valence-corrected chi connectivity index (χ1v) is 9.35. The van der Waals surface area contributed by atoms with Gasteiger partial charge < -0.3 is 5.32 Å². The summed E-state index contributed by atoms with van der Waals surface area (Å²) in [7, 11) is 0. The van der Waals surface area contributed by atoms with Crippen LogP contribution >= 0.6 is 11.8 Å². The predicted molar refractivity (Wildman–Crippen MR) is 84.9 cm³/mol. The van der Waals surface area contributed by atoms with Crippen molar-refractivity contribution in [1.29, 1.82) is 0 Å². The van der Waals surface area contributed by atoms with Crippen LogP contribution in [0.2, 0.25) is 0 Å².